The van der Waals surface area contributed by atoms with Crippen LogP contribution in [0.25, 0.3) is 5.69 Å². The second kappa shape index (κ2) is 12.0. The van der Waals surface area contributed by atoms with Crippen LogP contribution in [0.5, 0.6) is 11.5 Å². The number of rotatable bonds is 9. The van der Waals surface area contributed by atoms with E-state index in [2.05, 4.69) is 51.1 Å². The lowest BCUT2D eigenvalue weighted by molar-refractivity contribution is -0.119. The molecule has 5 rings (SSSR count). The number of hydrogen-bond acceptors (Lipinski definition) is 6. The van der Waals surface area contributed by atoms with Crippen LogP contribution in [0.1, 0.15) is 34.7 Å². The normalized spacial score (nSPS) is 16.4. The number of carbonyl (C=O) groups excluding carboxylic acids is 1. The number of aryl methyl sites for hydroxylation is 1. The molecule has 4 aromatic rings. The molecule has 2 N–H and O–H groups in total. The molecule has 9 nitrogen and oxygen atoms in total. The number of nitrogens with zero attached hydrogens (tertiary/aromatic N) is 3. The molecule has 2 atom stereocenters. The second-order valence-electron chi connectivity index (χ2n) is 9.73. The highest BCUT2D eigenvalue weighted by Gasteiger charge is 2.42. The van der Waals surface area contributed by atoms with Gasteiger partial charge in [-0.2, -0.15) is 0 Å². The molecule has 0 aliphatic carbocycles. The first-order valence-electron chi connectivity index (χ1n) is 13.2. The Morgan fingerprint density at radius 1 is 1.00 bits per heavy atom. The third-order valence-corrected chi connectivity index (χ3v) is 7.52. The Labute approximate surface area is 245 Å². The minimum absolute atomic E-state index is 0.0717. The summed E-state index contributed by atoms with van der Waals surface area (Å²) in [7, 11) is 4.71. The van der Waals surface area contributed by atoms with Gasteiger partial charge in [-0.05, 0) is 80.2 Å². The summed E-state index contributed by atoms with van der Waals surface area (Å²) in [6, 6.07) is 21.3. The maximum Gasteiger partial charge on any atom is 0.250 e. The number of methoxy groups -OCH3 is 3. The molecule has 0 radical (unpaired) electrons. The monoisotopic (exact) mass is 571 g/mol. The number of thiocarbonyl (C=S) groups is 1. The van der Waals surface area contributed by atoms with Crippen LogP contribution in [-0.2, 0) is 9.53 Å². The summed E-state index contributed by atoms with van der Waals surface area (Å²) < 4.78 is 18.2. The molecule has 41 heavy (non-hydrogen) atoms. The van der Waals surface area contributed by atoms with E-state index in [1.807, 2.05) is 54.6 Å². The molecule has 10 heteroatoms. The zero-order chi connectivity index (χ0) is 29.1. The van der Waals surface area contributed by atoms with E-state index >= 15 is 0 Å². The number of nitrogens with one attached hydrogen (secondary N) is 2. The maximum atomic E-state index is 12.4. The highest BCUT2D eigenvalue weighted by Crippen LogP contribution is 2.45. The topological polar surface area (TPSA) is 89.9 Å². The Morgan fingerprint density at radius 3 is 2.54 bits per heavy atom. The first-order valence-corrected chi connectivity index (χ1v) is 13.6. The van der Waals surface area contributed by atoms with Crippen molar-refractivity contribution in [1.82, 2.24) is 14.9 Å². The van der Waals surface area contributed by atoms with Crippen molar-refractivity contribution < 1.29 is 19.0 Å². The molecule has 3 heterocycles. The van der Waals surface area contributed by atoms with Crippen LogP contribution >= 0.6 is 12.2 Å². The van der Waals surface area contributed by atoms with Crippen molar-refractivity contribution in [1.29, 1.82) is 0 Å². The molecular formula is C31H33N5O4S. The van der Waals surface area contributed by atoms with Crippen molar-refractivity contribution in [2.24, 2.45) is 0 Å². The van der Waals surface area contributed by atoms with Crippen LogP contribution in [0.2, 0.25) is 0 Å². The van der Waals surface area contributed by atoms with Crippen molar-refractivity contribution >= 4 is 34.6 Å². The molecule has 2 aromatic heterocycles. The van der Waals surface area contributed by atoms with Gasteiger partial charge in [0.1, 0.15) is 18.1 Å². The van der Waals surface area contributed by atoms with Gasteiger partial charge in [-0.1, -0.05) is 12.1 Å². The average Bonchev–Trinajstić information content (AvgIpc) is 3.48. The van der Waals surface area contributed by atoms with Crippen molar-refractivity contribution in [3.8, 4) is 17.2 Å². The fraction of sp³-hybridized carbons (Fsp3) is 0.258. The summed E-state index contributed by atoms with van der Waals surface area (Å²) in [4.78, 5) is 19.2. The molecule has 2 aromatic carbocycles. The van der Waals surface area contributed by atoms with Gasteiger partial charge in [0.25, 0.3) is 0 Å². The van der Waals surface area contributed by atoms with Crippen LogP contribution in [0.3, 0.4) is 0 Å². The van der Waals surface area contributed by atoms with Gasteiger partial charge in [0.15, 0.2) is 5.11 Å². The first-order chi connectivity index (χ1) is 19.9. The van der Waals surface area contributed by atoms with E-state index in [0.717, 1.165) is 39.8 Å². The Bertz CT molecular complexity index is 1570. The zero-order valence-corrected chi connectivity index (χ0v) is 24.5. The van der Waals surface area contributed by atoms with E-state index in [0.29, 0.717) is 16.5 Å². The Kier molecular flexibility index (Phi) is 8.23. The highest BCUT2D eigenvalue weighted by atomic mass is 32.1. The number of aromatic nitrogens is 2. The molecule has 1 fully saturated rings. The SMILES string of the molecule is COCC(=O)Nc1cc(N2C(=S)N[C@@H](c3ccccn3)[C@@H]2c2cc(C)n(-c3cccc(OC)c3)c2C)ccc1OC. The molecule has 0 bridgehead atoms. The lowest BCUT2D eigenvalue weighted by Crippen LogP contribution is -2.29. The van der Waals surface area contributed by atoms with Crippen LogP contribution in [0.15, 0.2) is 72.9 Å². The Balaban J connectivity index is 1.65. The van der Waals surface area contributed by atoms with E-state index in [1.54, 1.807) is 20.4 Å². The smallest absolute Gasteiger partial charge is 0.250 e. The third kappa shape index (κ3) is 5.48. The van der Waals surface area contributed by atoms with Gasteiger partial charge in [-0.25, -0.2) is 0 Å². The van der Waals surface area contributed by atoms with Crippen molar-refractivity contribution in [2.75, 3.05) is 38.2 Å². The zero-order valence-electron chi connectivity index (χ0n) is 23.7. The number of benzene rings is 2. The van der Waals surface area contributed by atoms with E-state index in [4.69, 9.17) is 26.4 Å². The first kappa shape index (κ1) is 28.1. The molecular weight excluding hydrogens is 538 g/mol. The highest BCUT2D eigenvalue weighted by molar-refractivity contribution is 7.80. The van der Waals surface area contributed by atoms with Gasteiger partial charge in [0.2, 0.25) is 5.91 Å². The number of carbonyl (C=O) groups is 1. The molecule has 1 saturated heterocycles. The largest absolute Gasteiger partial charge is 0.497 e. The van der Waals surface area contributed by atoms with Gasteiger partial charge >= 0.3 is 0 Å². The molecule has 0 unspecified atom stereocenters. The number of hydrogen-bond donors (Lipinski definition) is 2. The lowest BCUT2D eigenvalue weighted by atomic mass is 9.96. The van der Waals surface area contributed by atoms with Gasteiger partial charge < -0.3 is 34.3 Å². The summed E-state index contributed by atoms with van der Waals surface area (Å²) in [6.07, 6.45) is 1.79. The predicted molar refractivity (Wildman–Crippen MR) is 163 cm³/mol. The molecule has 0 spiro atoms. The summed E-state index contributed by atoms with van der Waals surface area (Å²) in [5.74, 6) is 1.04. The molecule has 1 amide bonds. The van der Waals surface area contributed by atoms with E-state index < -0.39 is 0 Å². The fourth-order valence-electron chi connectivity index (χ4n) is 5.44. The molecule has 1 aliphatic heterocycles. The van der Waals surface area contributed by atoms with E-state index in [1.165, 1.54) is 7.11 Å². The number of ether oxygens (including phenoxy) is 3. The number of anilines is 2. The predicted octanol–water partition coefficient (Wildman–Crippen LogP) is 5.27. The van der Waals surface area contributed by atoms with Gasteiger partial charge in [-0.15, -0.1) is 0 Å². The van der Waals surface area contributed by atoms with Crippen LogP contribution < -0.4 is 25.0 Å². The second-order valence-corrected chi connectivity index (χ2v) is 10.1. The van der Waals surface area contributed by atoms with Gasteiger partial charge in [-0.3, -0.25) is 9.78 Å². The lowest BCUT2D eigenvalue weighted by Gasteiger charge is -2.29. The van der Waals surface area contributed by atoms with Crippen LogP contribution in [0, 0.1) is 13.8 Å². The number of amides is 1. The minimum atomic E-state index is -0.283. The van der Waals surface area contributed by atoms with E-state index in [-0.39, 0.29) is 24.6 Å². The summed E-state index contributed by atoms with van der Waals surface area (Å²) in [6.45, 7) is 4.13. The van der Waals surface area contributed by atoms with Crippen molar-refractivity contribution in [3.05, 3.63) is 95.6 Å². The average molecular weight is 572 g/mol. The van der Waals surface area contributed by atoms with Crippen LogP contribution in [0.4, 0.5) is 11.4 Å². The third-order valence-electron chi connectivity index (χ3n) is 7.21. The summed E-state index contributed by atoms with van der Waals surface area (Å²) in [5.41, 5.74) is 6.44. The number of pyridine rings is 1. The summed E-state index contributed by atoms with van der Waals surface area (Å²) in [5, 5.41) is 6.96. The quantitative estimate of drug-likeness (QED) is 0.263. The molecule has 212 valence electrons. The van der Waals surface area contributed by atoms with Gasteiger partial charge in [0.05, 0.1) is 37.7 Å². The van der Waals surface area contributed by atoms with Crippen molar-refractivity contribution in [3.63, 3.8) is 0 Å². The maximum absolute atomic E-state index is 12.4. The molecule has 1 aliphatic rings. The summed E-state index contributed by atoms with van der Waals surface area (Å²) >= 11 is 5.94. The molecule has 0 saturated carbocycles. The fourth-order valence-corrected chi connectivity index (χ4v) is 5.79. The van der Waals surface area contributed by atoms with Gasteiger partial charge in [0, 0.05) is 42.1 Å². The van der Waals surface area contributed by atoms with E-state index in [9.17, 15) is 4.79 Å². The van der Waals surface area contributed by atoms with Crippen LogP contribution in [-0.4, -0.2) is 48.5 Å². The Hall–Kier alpha value is -4.41. The standard InChI is InChI=1S/C31H33N5O4S/c1-19-15-24(20(2)35(19)21-9-8-10-23(16-21)39-4)30-29(25-11-6-7-14-32-25)34-31(41)36(30)22-12-13-27(40-5)26(17-22)33-28(37)18-38-3/h6-17,29-30H,18H2,1-5H3,(H,33,37)(H,34,41)/t29-,30-/m0/s1. The minimum Gasteiger partial charge on any atom is -0.497 e. The Morgan fingerprint density at radius 2 is 1.83 bits per heavy atom. The van der Waals surface area contributed by atoms with Crippen molar-refractivity contribution in [2.45, 2.75) is 25.9 Å².